The van der Waals surface area contributed by atoms with E-state index in [2.05, 4.69) is 11.4 Å². The molecule has 0 atom stereocenters. The molecule has 0 spiro atoms. The quantitative estimate of drug-likeness (QED) is 0.622. The topological polar surface area (TPSA) is 90.3 Å². The van der Waals surface area contributed by atoms with Crippen molar-refractivity contribution >= 4 is 15.9 Å². The van der Waals surface area contributed by atoms with E-state index >= 15 is 0 Å². The zero-order valence-electron chi connectivity index (χ0n) is 17.5. The van der Waals surface area contributed by atoms with Crippen molar-refractivity contribution in [1.82, 2.24) is 9.62 Å². The summed E-state index contributed by atoms with van der Waals surface area (Å²) in [6, 6.07) is 23.1. The van der Waals surface area contributed by atoms with E-state index < -0.39 is 10.0 Å². The average molecular weight is 446 g/mol. The molecule has 6 nitrogen and oxygen atoms in total. The number of sulfonamides is 1. The normalized spacial score (nSPS) is 14.1. The summed E-state index contributed by atoms with van der Waals surface area (Å²) in [6.07, 6.45) is 1.79. The monoisotopic (exact) mass is 445 g/mol. The van der Waals surface area contributed by atoms with Crippen LogP contribution >= 0.6 is 0 Å². The summed E-state index contributed by atoms with van der Waals surface area (Å²) in [5, 5.41) is 12.3. The zero-order valence-corrected chi connectivity index (χ0v) is 18.3. The van der Waals surface area contributed by atoms with Crippen LogP contribution in [0.1, 0.15) is 34.3 Å². The lowest BCUT2D eigenvalue weighted by atomic mass is 9.95. The van der Waals surface area contributed by atoms with Gasteiger partial charge in [-0.2, -0.15) is 9.57 Å². The minimum absolute atomic E-state index is 0.261. The highest BCUT2D eigenvalue weighted by atomic mass is 32.2. The molecule has 0 unspecified atom stereocenters. The van der Waals surface area contributed by atoms with Crippen LogP contribution < -0.4 is 5.32 Å². The fourth-order valence-corrected chi connectivity index (χ4v) is 5.38. The summed E-state index contributed by atoms with van der Waals surface area (Å²) >= 11 is 0. The Morgan fingerprint density at radius 1 is 0.906 bits per heavy atom. The van der Waals surface area contributed by atoms with Gasteiger partial charge in [-0.15, -0.1) is 0 Å². The molecule has 0 radical (unpaired) electrons. The Morgan fingerprint density at radius 3 is 2.22 bits per heavy atom. The molecular formula is C25H23N3O3S. The number of hydrogen-bond donors (Lipinski definition) is 1. The predicted octanol–water partition coefficient (Wildman–Crippen LogP) is 3.94. The second-order valence-corrected chi connectivity index (χ2v) is 9.58. The van der Waals surface area contributed by atoms with Crippen LogP contribution in [0.3, 0.4) is 0 Å². The van der Waals surface area contributed by atoms with E-state index in [1.807, 2.05) is 24.3 Å². The average Bonchev–Trinajstić information content (AvgIpc) is 3.39. The van der Waals surface area contributed by atoms with Gasteiger partial charge in [-0.05, 0) is 48.2 Å². The second kappa shape index (κ2) is 9.35. The second-order valence-electron chi connectivity index (χ2n) is 7.64. The first-order valence-corrected chi connectivity index (χ1v) is 11.9. The lowest BCUT2D eigenvalue weighted by Crippen LogP contribution is -2.28. The third-order valence-electron chi connectivity index (χ3n) is 5.59. The van der Waals surface area contributed by atoms with Crippen LogP contribution in [0.15, 0.2) is 77.7 Å². The maximum absolute atomic E-state index is 12.9. The van der Waals surface area contributed by atoms with E-state index in [0.29, 0.717) is 35.3 Å². The van der Waals surface area contributed by atoms with Gasteiger partial charge in [0.2, 0.25) is 10.0 Å². The molecule has 1 fully saturated rings. The fourth-order valence-electron chi connectivity index (χ4n) is 3.87. The number of nitriles is 1. The van der Waals surface area contributed by atoms with Crippen molar-refractivity contribution in [3.05, 3.63) is 89.5 Å². The van der Waals surface area contributed by atoms with Gasteiger partial charge in [0.25, 0.3) is 5.91 Å². The number of nitrogens with zero attached hydrogens (tertiary/aromatic N) is 2. The lowest BCUT2D eigenvalue weighted by molar-refractivity contribution is 0.0951. The van der Waals surface area contributed by atoms with Crippen LogP contribution in [0, 0.1) is 11.3 Å². The number of amides is 1. The highest BCUT2D eigenvalue weighted by molar-refractivity contribution is 7.89. The molecule has 1 saturated heterocycles. The molecule has 0 bridgehead atoms. The van der Waals surface area contributed by atoms with Crippen LogP contribution in [0.25, 0.3) is 11.1 Å². The van der Waals surface area contributed by atoms with Gasteiger partial charge in [-0.1, -0.05) is 48.5 Å². The van der Waals surface area contributed by atoms with Crippen molar-refractivity contribution in [2.24, 2.45) is 0 Å². The Bertz CT molecular complexity index is 1270. The Hall–Kier alpha value is -3.47. The first-order valence-electron chi connectivity index (χ1n) is 10.5. The van der Waals surface area contributed by atoms with E-state index in [9.17, 15) is 18.5 Å². The summed E-state index contributed by atoms with van der Waals surface area (Å²) in [6.45, 7) is 1.39. The van der Waals surface area contributed by atoms with Crippen molar-refractivity contribution in [2.45, 2.75) is 24.3 Å². The molecular weight excluding hydrogens is 422 g/mol. The Morgan fingerprint density at radius 2 is 1.53 bits per heavy atom. The van der Waals surface area contributed by atoms with Crippen molar-refractivity contribution in [3.63, 3.8) is 0 Å². The van der Waals surface area contributed by atoms with Gasteiger partial charge in [-0.3, -0.25) is 4.79 Å². The van der Waals surface area contributed by atoms with Crippen LogP contribution in [0.4, 0.5) is 0 Å². The predicted molar refractivity (Wildman–Crippen MR) is 122 cm³/mol. The van der Waals surface area contributed by atoms with E-state index in [1.165, 1.54) is 4.31 Å². The van der Waals surface area contributed by atoms with E-state index in [0.717, 1.165) is 18.4 Å². The van der Waals surface area contributed by atoms with Crippen molar-refractivity contribution in [1.29, 1.82) is 5.26 Å². The van der Waals surface area contributed by atoms with Gasteiger partial charge in [0.1, 0.15) is 0 Å². The minimum atomic E-state index is -3.45. The van der Waals surface area contributed by atoms with Gasteiger partial charge in [0.15, 0.2) is 0 Å². The number of rotatable bonds is 6. The number of nitrogens with one attached hydrogen (secondary N) is 1. The zero-order chi connectivity index (χ0) is 22.6. The summed E-state index contributed by atoms with van der Waals surface area (Å²) in [4.78, 5) is 13.2. The highest BCUT2D eigenvalue weighted by Gasteiger charge is 2.26. The molecule has 1 N–H and O–H groups in total. The molecule has 3 aromatic rings. The molecule has 32 heavy (non-hydrogen) atoms. The SMILES string of the molecule is N#Cc1ccccc1-c1ccccc1C(=O)NCc1ccc(S(=O)(=O)N2CCCC2)cc1. The molecule has 162 valence electrons. The van der Waals surface area contributed by atoms with Gasteiger partial charge < -0.3 is 5.32 Å². The Balaban J connectivity index is 1.49. The van der Waals surface area contributed by atoms with Crippen LogP contribution in [-0.2, 0) is 16.6 Å². The molecule has 1 aliphatic heterocycles. The maximum Gasteiger partial charge on any atom is 0.252 e. The number of hydrogen-bond acceptors (Lipinski definition) is 4. The van der Waals surface area contributed by atoms with Crippen LogP contribution in [-0.4, -0.2) is 31.7 Å². The summed E-state index contributed by atoms with van der Waals surface area (Å²) < 4.78 is 26.8. The first-order chi connectivity index (χ1) is 15.5. The number of carbonyl (C=O) groups is 1. The van der Waals surface area contributed by atoms with Crippen LogP contribution in [0.5, 0.6) is 0 Å². The molecule has 0 aromatic heterocycles. The molecule has 1 aliphatic rings. The van der Waals surface area contributed by atoms with Crippen molar-refractivity contribution < 1.29 is 13.2 Å². The molecule has 0 saturated carbocycles. The largest absolute Gasteiger partial charge is 0.348 e. The summed E-state index contributed by atoms with van der Waals surface area (Å²) in [7, 11) is -3.45. The maximum atomic E-state index is 12.9. The third-order valence-corrected chi connectivity index (χ3v) is 7.50. The highest BCUT2D eigenvalue weighted by Crippen LogP contribution is 2.27. The van der Waals surface area contributed by atoms with Gasteiger partial charge >= 0.3 is 0 Å². The molecule has 4 rings (SSSR count). The third kappa shape index (κ3) is 4.42. The standard InChI is InChI=1S/C25H23N3O3S/c26-17-20-7-1-2-8-22(20)23-9-3-4-10-24(23)25(29)27-18-19-11-13-21(14-12-19)32(30,31)28-15-5-6-16-28/h1-4,7-14H,5-6,15-16,18H2,(H,27,29). The smallest absolute Gasteiger partial charge is 0.252 e. The van der Waals surface area contributed by atoms with Gasteiger partial charge in [0.05, 0.1) is 16.5 Å². The van der Waals surface area contributed by atoms with Crippen LogP contribution in [0.2, 0.25) is 0 Å². The fraction of sp³-hybridized carbons (Fsp3) is 0.200. The molecule has 1 heterocycles. The van der Waals surface area contributed by atoms with E-state index in [1.54, 1.807) is 48.5 Å². The molecule has 3 aromatic carbocycles. The minimum Gasteiger partial charge on any atom is -0.348 e. The van der Waals surface area contributed by atoms with E-state index in [4.69, 9.17) is 0 Å². The Kier molecular flexibility index (Phi) is 6.35. The van der Waals surface area contributed by atoms with E-state index in [-0.39, 0.29) is 17.3 Å². The van der Waals surface area contributed by atoms with Crippen molar-refractivity contribution in [3.8, 4) is 17.2 Å². The van der Waals surface area contributed by atoms with Gasteiger partial charge in [0, 0.05) is 30.8 Å². The lowest BCUT2D eigenvalue weighted by Gasteiger charge is -2.16. The molecule has 1 amide bonds. The summed E-state index contributed by atoms with van der Waals surface area (Å²) in [5.74, 6) is -0.262. The summed E-state index contributed by atoms with van der Waals surface area (Å²) in [5.41, 5.74) is 3.17. The molecule has 7 heteroatoms. The number of carbonyl (C=O) groups excluding carboxylic acids is 1. The Labute approximate surface area is 188 Å². The van der Waals surface area contributed by atoms with Gasteiger partial charge in [-0.25, -0.2) is 8.42 Å². The first kappa shape index (κ1) is 21.8. The number of benzene rings is 3. The van der Waals surface area contributed by atoms with Crippen molar-refractivity contribution in [2.75, 3.05) is 13.1 Å². The molecule has 0 aliphatic carbocycles.